The van der Waals surface area contributed by atoms with Crippen LogP contribution < -0.4 is 5.73 Å². The van der Waals surface area contributed by atoms with Crippen LogP contribution in [0, 0.1) is 0 Å². The standard InChI is InChI=1S/C13H19NO4/c1-2-3-6-17-7-8-18-13(16)10-4-5-12(15)11(14)9-10/h4-5,9,15H,2-3,6-8,14H2,1H3. The number of ether oxygens (including phenoxy) is 2. The average Bonchev–Trinajstić information content (AvgIpc) is 2.36. The summed E-state index contributed by atoms with van der Waals surface area (Å²) in [5.41, 5.74) is 5.96. The lowest BCUT2D eigenvalue weighted by atomic mass is 10.2. The third-order valence-electron chi connectivity index (χ3n) is 2.37. The van der Waals surface area contributed by atoms with Crippen molar-refractivity contribution in [1.82, 2.24) is 0 Å². The molecule has 100 valence electrons. The Balaban J connectivity index is 2.30. The maximum absolute atomic E-state index is 11.6. The number of phenolic OH excluding ortho intramolecular Hbond substituents is 1. The molecule has 0 spiro atoms. The predicted octanol–water partition coefficient (Wildman–Crippen LogP) is 1.95. The average molecular weight is 253 g/mol. The number of nitrogens with two attached hydrogens (primary N) is 1. The molecule has 1 rings (SSSR count). The number of rotatable bonds is 7. The number of aromatic hydroxyl groups is 1. The van der Waals surface area contributed by atoms with Crippen molar-refractivity contribution in [3.8, 4) is 5.75 Å². The van der Waals surface area contributed by atoms with Crippen LogP contribution in [0.25, 0.3) is 0 Å². The van der Waals surface area contributed by atoms with Crippen LogP contribution in [0.2, 0.25) is 0 Å². The van der Waals surface area contributed by atoms with E-state index >= 15 is 0 Å². The zero-order valence-electron chi connectivity index (χ0n) is 10.5. The van der Waals surface area contributed by atoms with Crippen molar-refractivity contribution < 1.29 is 19.4 Å². The van der Waals surface area contributed by atoms with Crippen molar-refractivity contribution in [2.45, 2.75) is 19.8 Å². The number of carbonyl (C=O) groups excluding carboxylic acids is 1. The van der Waals surface area contributed by atoms with E-state index in [1.165, 1.54) is 18.2 Å². The molecular formula is C13H19NO4. The van der Waals surface area contributed by atoms with Gasteiger partial charge < -0.3 is 20.3 Å². The molecule has 0 saturated heterocycles. The lowest BCUT2D eigenvalue weighted by Gasteiger charge is -2.06. The molecule has 0 heterocycles. The van der Waals surface area contributed by atoms with Crippen LogP contribution in [0.15, 0.2) is 18.2 Å². The lowest BCUT2D eigenvalue weighted by molar-refractivity contribution is 0.0314. The first kappa shape index (κ1) is 14.3. The second kappa shape index (κ2) is 7.55. The normalized spacial score (nSPS) is 10.3. The summed E-state index contributed by atoms with van der Waals surface area (Å²) in [7, 11) is 0. The van der Waals surface area contributed by atoms with Gasteiger partial charge in [-0.25, -0.2) is 4.79 Å². The number of esters is 1. The van der Waals surface area contributed by atoms with Crippen molar-refractivity contribution in [1.29, 1.82) is 0 Å². The number of anilines is 1. The molecule has 3 N–H and O–H groups in total. The van der Waals surface area contributed by atoms with Gasteiger partial charge in [-0.1, -0.05) is 13.3 Å². The summed E-state index contributed by atoms with van der Waals surface area (Å²) in [5.74, 6) is -0.518. The third kappa shape index (κ3) is 4.63. The molecule has 0 atom stereocenters. The number of nitrogen functional groups attached to an aromatic ring is 1. The molecule has 0 saturated carbocycles. The van der Waals surface area contributed by atoms with E-state index in [0.717, 1.165) is 12.8 Å². The minimum atomic E-state index is -0.471. The smallest absolute Gasteiger partial charge is 0.338 e. The van der Waals surface area contributed by atoms with E-state index in [0.29, 0.717) is 18.8 Å². The van der Waals surface area contributed by atoms with Gasteiger partial charge in [0.25, 0.3) is 0 Å². The van der Waals surface area contributed by atoms with E-state index in [4.69, 9.17) is 15.2 Å². The van der Waals surface area contributed by atoms with Crippen LogP contribution in [0.1, 0.15) is 30.1 Å². The van der Waals surface area contributed by atoms with E-state index in [1.54, 1.807) is 0 Å². The SMILES string of the molecule is CCCCOCCOC(=O)c1ccc(O)c(N)c1. The highest BCUT2D eigenvalue weighted by Gasteiger charge is 2.08. The minimum Gasteiger partial charge on any atom is -0.506 e. The fourth-order valence-electron chi connectivity index (χ4n) is 1.31. The Morgan fingerprint density at radius 3 is 2.78 bits per heavy atom. The second-order valence-corrected chi connectivity index (χ2v) is 3.88. The van der Waals surface area contributed by atoms with Crippen LogP contribution in [-0.2, 0) is 9.47 Å². The molecule has 0 bridgehead atoms. The van der Waals surface area contributed by atoms with Crippen molar-refractivity contribution in [3.63, 3.8) is 0 Å². The summed E-state index contributed by atoms with van der Waals surface area (Å²) in [6.45, 7) is 3.36. The topological polar surface area (TPSA) is 81.8 Å². The highest BCUT2D eigenvalue weighted by Crippen LogP contribution is 2.20. The summed E-state index contributed by atoms with van der Waals surface area (Å²) < 4.78 is 10.3. The molecule has 5 nitrogen and oxygen atoms in total. The number of unbranched alkanes of at least 4 members (excludes halogenated alkanes) is 1. The number of hydrogen-bond donors (Lipinski definition) is 2. The maximum atomic E-state index is 11.6. The predicted molar refractivity (Wildman–Crippen MR) is 68.5 cm³/mol. The highest BCUT2D eigenvalue weighted by atomic mass is 16.6. The monoisotopic (exact) mass is 253 g/mol. The Morgan fingerprint density at radius 2 is 2.11 bits per heavy atom. The second-order valence-electron chi connectivity index (χ2n) is 3.88. The molecule has 0 aliphatic heterocycles. The summed E-state index contributed by atoms with van der Waals surface area (Å²) in [6.07, 6.45) is 2.08. The van der Waals surface area contributed by atoms with Gasteiger partial charge in [0.2, 0.25) is 0 Å². The van der Waals surface area contributed by atoms with E-state index in [9.17, 15) is 9.90 Å². The van der Waals surface area contributed by atoms with Gasteiger partial charge >= 0.3 is 5.97 Å². The molecule has 0 radical (unpaired) electrons. The van der Waals surface area contributed by atoms with E-state index in [1.807, 2.05) is 0 Å². The fraction of sp³-hybridized carbons (Fsp3) is 0.462. The largest absolute Gasteiger partial charge is 0.506 e. The molecule has 0 aromatic heterocycles. The fourth-order valence-corrected chi connectivity index (χ4v) is 1.31. The molecule has 0 amide bonds. The number of phenols is 1. The minimum absolute atomic E-state index is 0.0468. The van der Waals surface area contributed by atoms with E-state index in [-0.39, 0.29) is 18.0 Å². The molecule has 1 aromatic carbocycles. The van der Waals surface area contributed by atoms with Gasteiger partial charge in [0, 0.05) is 6.61 Å². The number of carbonyl (C=O) groups is 1. The molecule has 18 heavy (non-hydrogen) atoms. The first-order valence-electron chi connectivity index (χ1n) is 5.98. The van der Waals surface area contributed by atoms with Gasteiger partial charge in [0.1, 0.15) is 12.4 Å². The van der Waals surface area contributed by atoms with Crippen molar-refractivity contribution in [2.75, 3.05) is 25.6 Å². The molecule has 0 aliphatic carbocycles. The van der Waals surface area contributed by atoms with Gasteiger partial charge in [-0.05, 0) is 24.6 Å². The number of hydrogen-bond acceptors (Lipinski definition) is 5. The highest BCUT2D eigenvalue weighted by molar-refractivity contribution is 5.90. The van der Waals surface area contributed by atoms with Crippen LogP contribution in [0.5, 0.6) is 5.75 Å². The summed E-state index contributed by atoms with van der Waals surface area (Å²) in [5, 5.41) is 9.22. The molecule has 5 heteroatoms. The van der Waals surface area contributed by atoms with E-state index in [2.05, 4.69) is 6.92 Å². The Morgan fingerprint density at radius 1 is 1.33 bits per heavy atom. The van der Waals surface area contributed by atoms with Crippen LogP contribution in [0.4, 0.5) is 5.69 Å². The molecule has 0 aliphatic rings. The third-order valence-corrected chi connectivity index (χ3v) is 2.37. The molecule has 0 fully saturated rings. The zero-order valence-corrected chi connectivity index (χ0v) is 10.5. The summed E-state index contributed by atoms with van der Waals surface area (Å²) in [4.78, 5) is 11.6. The summed E-state index contributed by atoms with van der Waals surface area (Å²) >= 11 is 0. The number of benzene rings is 1. The van der Waals surface area contributed by atoms with Crippen molar-refractivity contribution in [2.24, 2.45) is 0 Å². The Bertz CT molecular complexity index is 393. The van der Waals surface area contributed by atoms with Crippen molar-refractivity contribution in [3.05, 3.63) is 23.8 Å². The maximum Gasteiger partial charge on any atom is 0.338 e. The van der Waals surface area contributed by atoms with Gasteiger partial charge in [0.15, 0.2) is 0 Å². The van der Waals surface area contributed by atoms with E-state index < -0.39 is 5.97 Å². The zero-order chi connectivity index (χ0) is 13.4. The molecular weight excluding hydrogens is 234 g/mol. The molecule has 1 aromatic rings. The summed E-state index contributed by atoms with van der Waals surface area (Å²) in [6, 6.07) is 4.21. The van der Waals surface area contributed by atoms with Gasteiger partial charge in [0.05, 0.1) is 17.9 Å². The molecule has 0 unspecified atom stereocenters. The van der Waals surface area contributed by atoms with Gasteiger partial charge in [-0.3, -0.25) is 0 Å². The lowest BCUT2D eigenvalue weighted by Crippen LogP contribution is -2.11. The Hall–Kier alpha value is -1.75. The van der Waals surface area contributed by atoms with Gasteiger partial charge in [-0.2, -0.15) is 0 Å². The quantitative estimate of drug-likeness (QED) is 0.336. The first-order valence-corrected chi connectivity index (χ1v) is 5.98. The Labute approximate surface area is 107 Å². The first-order chi connectivity index (χ1) is 8.65. The van der Waals surface area contributed by atoms with Crippen molar-refractivity contribution >= 4 is 11.7 Å². The van der Waals surface area contributed by atoms with Gasteiger partial charge in [-0.15, -0.1) is 0 Å². The van der Waals surface area contributed by atoms with Crippen LogP contribution in [0.3, 0.4) is 0 Å². The van der Waals surface area contributed by atoms with Crippen LogP contribution >= 0.6 is 0 Å². The Kier molecular flexibility index (Phi) is 6.00. The van der Waals surface area contributed by atoms with Crippen LogP contribution in [-0.4, -0.2) is 30.9 Å².